The van der Waals surface area contributed by atoms with Gasteiger partial charge in [0.25, 0.3) is 0 Å². The summed E-state index contributed by atoms with van der Waals surface area (Å²) in [6, 6.07) is -0.336. The lowest BCUT2D eigenvalue weighted by Crippen LogP contribution is -2.49. The van der Waals surface area contributed by atoms with Gasteiger partial charge in [-0.25, -0.2) is 4.79 Å². The standard InChI is InChI=1S/C11H23NO3/c1-7-11(6,14)8(2)12-9(13)15-10(3,4)5/h8,14H,7H2,1-6H3,(H,12,13). The fourth-order valence-corrected chi connectivity index (χ4v) is 0.946. The first kappa shape index (κ1) is 14.2. The van der Waals surface area contributed by atoms with Gasteiger partial charge in [-0.1, -0.05) is 6.92 Å². The molecule has 0 saturated carbocycles. The number of hydrogen-bond donors (Lipinski definition) is 2. The van der Waals surface area contributed by atoms with Gasteiger partial charge in [-0.3, -0.25) is 0 Å². The Morgan fingerprint density at radius 3 is 2.20 bits per heavy atom. The van der Waals surface area contributed by atoms with E-state index in [4.69, 9.17) is 4.74 Å². The molecule has 0 rings (SSSR count). The van der Waals surface area contributed by atoms with Crippen molar-refractivity contribution in [2.75, 3.05) is 0 Å². The molecule has 0 spiro atoms. The lowest BCUT2D eigenvalue weighted by Gasteiger charge is -2.30. The first-order chi connectivity index (χ1) is 6.58. The third kappa shape index (κ3) is 5.62. The van der Waals surface area contributed by atoms with Crippen LogP contribution < -0.4 is 5.32 Å². The van der Waals surface area contributed by atoms with Gasteiger partial charge in [0.2, 0.25) is 0 Å². The molecule has 4 heteroatoms. The summed E-state index contributed by atoms with van der Waals surface area (Å²) in [4.78, 5) is 11.4. The Hall–Kier alpha value is -0.770. The van der Waals surface area contributed by atoms with Gasteiger partial charge in [0, 0.05) is 0 Å². The molecule has 1 amide bonds. The fraction of sp³-hybridized carbons (Fsp3) is 0.909. The maximum absolute atomic E-state index is 11.4. The normalized spacial score (nSPS) is 17.8. The van der Waals surface area contributed by atoms with Crippen molar-refractivity contribution < 1.29 is 14.6 Å². The Morgan fingerprint density at radius 2 is 1.87 bits per heavy atom. The molecule has 0 radical (unpaired) electrons. The number of alkyl carbamates (subject to hydrolysis) is 1. The summed E-state index contributed by atoms with van der Waals surface area (Å²) in [5.41, 5.74) is -1.42. The van der Waals surface area contributed by atoms with Crippen molar-refractivity contribution in [3.05, 3.63) is 0 Å². The van der Waals surface area contributed by atoms with Crippen LogP contribution in [-0.2, 0) is 4.74 Å². The first-order valence-corrected chi connectivity index (χ1v) is 5.30. The molecule has 0 aliphatic heterocycles. The molecule has 0 aromatic carbocycles. The van der Waals surface area contributed by atoms with Crippen LogP contribution in [0.1, 0.15) is 48.0 Å². The van der Waals surface area contributed by atoms with E-state index >= 15 is 0 Å². The number of aliphatic hydroxyl groups is 1. The monoisotopic (exact) mass is 217 g/mol. The Bertz CT molecular complexity index is 218. The molecule has 0 aromatic heterocycles. The third-order valence-corrected chi connectivity index (χ3v) is 2.38. The Morgan fingerprint density at radius 1 is 1.40 bits per heavy atom. The number of hydrogen-bond acceptors (Lipinski definition) is 3. The van der Waals surface area contributed by atoms with Gasteiger partial charge >= 0.3 is 6.09 Å². The maximum Gasteiger partial charge on any atom is 0.407 e. The zero-order valence-electron chi connectivity index (χ0n) is 10.5. The highest BCUT2D eigenvalue weighted by Crippen LogP contribution is 2.14. The van der Waals surface area contributed by atoms with E-state index in [9.17, 15) is 9.90 Å². The first-order valence-electron chi connectivity index (χ1n) is 5.30. The Labute approximate surface area is 92.0 Å². The molecule has 0 bridgehead atoms. The second kappa shape index (κ2) is 4.84. The highest BCUT2D eigenvalue weighted by molar-refractivity contribution is 5.68. The van der Waals surface area contributed by atoms with E-state index in [1.807, 2.05) is 6.92 Å². The number of rotatable bonds is 3. The van der Waals surface area contributed by atoms with Crippen molar-refractivity contribution in [3.63, 3.8) is 0 Å². The van der Waals surface area contributed by atoms with Crippen molar-refractivity contribution in [3.8, 4) is 0 Å². The third-order valence-electron chi connectivity index (χ3n) is 2.38. The van der Waals surface area contributed by atoms with Gasteiger partial charge < -0.3 is 15.2 Å². The molecule has 0 aromatic rings. The second-order valence-corrected chi connectivity index (χ2v) is 5.08. The maximum atomic E-state index is 11.4. The summed E-state index contributed by atoms with van der Waals surface area (Å²) >= 11 is 0. The molecular formula is C11H23NO3. The molecule has 0 heterocycles. The van der Waals surface area contributed by atoms with Crippen LogP contribution in [0.3, 0.4) is 0 Å². The van der Waals surface area contributed by atoms with Crippen molar-refractivity contribution in [1.29, 1.82) is 0 Å². The van der Waals surface area contributed by atoms with E-state index in [2.05, 4.69) is 5.32 Å². The van der Waals surface area contributed by atoms with Crippen LogP contribution in [0.5, 0.6) is 0 Å². The van der Waals surface area contributed by atoms with Crippen LogP contribution in [0.15, 0.2) is 0 Å². The number of nitrogens with one attached hydrogen (secondary N) is 1. The van der Waals surface area contributed by atoms with Gasteiger partial charge in [-0.05, 0) is 41.0 Å². The molecular weight excluding hydrogens is 194 g/mol. The van der Waals surface area contributed by atoms with Crippen molar-refractivity contribution in [1.82, 2.24) is 5.32 Å². The average molecular weight is 217 g/mol. The predicted molar refractivity (Wildman–Crippen MR) is 59.7 cm³/mol. The van der Waals surface area contributed by atoms with E-state index in [1.165, 1.54) is 0 Å². The van der Waals surface area contributed by atoms with Crippen LogP contribution >= 0.6 is 0 Å². The van der Waals surface area contributed by atoms with Crippen molar-refractivity contribution >= 4 is 6.09 Å². The van der Waals surface area contributed by atoms with Crippen LogP contribution in [0.2, 0.25) is 0 Å². The van der Waals surface area contributed by atoms with Crippen LogP contribution in [0, 0.1) is 0 Å². The smallest absolute Gasteiger partial charge is 0.407 e. The molecule has 90 valence electrons. The van der Waals surface area contributed by atoms with Gasteiger partial charge in [0.15, 0.2) is 0 Å². The molecule has 0 fully saturated rings. The molecule has 2 unspecified atom stereocenters. The van der Waals surface area contributed by atoms with Gasteiger partial charge in [0.1, 0.15) is 5.60 Å². The summed E-state index contributed by atoms with van der Waals surface area (Å²) in [6.45, 7) is 10.7. The molecule has 0 aliphatic carbocycles. The summed E-state index contributed by atoms with van der Waals surface area (Å²) < 4.78 is 5.09. The molecule has 4 nitrogen and oxygen atoms in total. The van der Waals surface area contributed by atoms with Gasteiger partial charge in [-0.15, -0.1) is 0 Å². The molecule has 15 heavy (non-hydrogen) atoms. The highest BCUT2D eigenvalue weighted by Gasteiger charge is 2.28. The average Bonchev–Trinajstić information content (AvgIpc) is 2.00. The minimum atomic E-state index is -0.906. The molecule has 0 aliphatic rings. The van der Waals surface area contributed by atoms with E-state index in [1.54, 1.807) is 34.6 Å². The van der Waals surface area contributed by atoms with Crippen LogP contribution in [-0.4, -0.2) is 28.4 Å². The highest BCUT2D eigenvalue weighted by atomic mass is 16.6. The number of amides is 1. The summed E-state index contributed by atoms with van der Waals surface area (Å²) in [6.07, 6.45) is 0.0768. The Balaban J connectivity index is 4.20. The minimum absolute atomic E-state index is 0.336. The number of ether oxygens (including phenoxy) is 1. The fourth-order valence-electron chi connectivity index (χ4n) is 0.946. The zero-order valence-corrected chi connectivity index (χ0v) is 10.5. The van der Waals surface area contributed by atoms with E-state index < -0.39 is 17.3 Å². The van der Waals surface area contributed by atoms with E-state index in [-0.39, 0.29) is 6.04 Å². The molecule has 2 atom stereocenters. The van der Waals surface area contributed by atoms with Crippen molar-refractivity contribution in [2.45, 2.75) is 65.2 Å². The van der Waals surface area contributed by atoms with E-state index in [0.717, 1.165) is 0 Å². The zero-order chi connectivity index (χ0) is 12.3. The van der Waals surface area contributed by atoms with Gasteiger partial charge in [0.05, 0.1) is 11.6 Å². The summed E-state index contributed by atoms with van der Waals surface area (Å²) in [5.74, 6) is 0. The second-order valence-electron chi connectivity index (χ2n) is 5.08. The topological polar surface area (TPSA) is 58.6 Å². The Kier molecular flexibility index (Phi) is 4.59. The minimum Gasteiger partial charge on any atom is -0.444 e. The van der Waals surface area contributed by atoms with Crippen LogP contribution in [0.25, 0.3) is 0 Å². The summed E-state index contributed by atoms with van der Waals surface area (Å²) in [5, 5.41) is 12.5. The van der Waals surface area contributed by atoms with Crippen LogP contribution in [0.4, 0.5) is 4.79 Å². The lowest BCUT2D eigenvalue weighted by molar-refractivity contribution is 0.00813. The van der Waals surface area contributed by atoms with Gasteiger partial charge in [-0.2, -0.15) is 0 Å². The largest absolute Gasteiger partial charge is 0.444 e. The SMILES string of the molecule is CCC(C)(O)C(C)NC(=O)OC(C)(C)C. The lowest BCUT2D eigenvalue weighted by atomic mass is 9.95. The quantitative estimate of drug-likeness (QED) is 0.760. The predicted octanol–water partition coefficient (Wildman–Crippen LogP) is 2.06. The van der Waals surface area contributed by atoms with E-state index in [0.29, 0.717) is 6.42 Å². The molecule has 0 saturated heterocycles. The van der Waals surface area contributed by atoms with Crippen molar-refractivity contribution in [2.24, 2.45) is 0 Å². The number of carbonyl (C=O) groups excluding carboxylic acids is 1. The summed E-state index contributed by atoms with van der Waals surface area (Å²) in [7, 11) is 0. The number of carbonyl (C=O) groups is 1. The molecule has 2 N–H and O–H groups in total.